The Labute approximate surface area is 119 Å². The summed E-state index contributed by atoms with van der Waals surface area (Å²) in [7, 11) is 0. The van der Waals surface area contributed by atoms with Gasteiger partial charge in [-0.2, -0.15) is 0 Å². The highest BCUT2D eigenvalue weighted by Gasteiger charge is 2.25. The lowest BCUT2D eigenvalue weighted by Crippen LogP contribution is -2.23. The van der Waals surface area contributed by atoms with E-state index in [-0.39, 0.29) is 11.5 Å². The van der Waals surface area contributed by atoms with Crippen LogP contribution in [-0.4, -0.2) is 16.7 Å². The van der Waals surface area contributed by atoms with Crippen molar-refractivity contribution < 1.29 is 19.1 Å². The van der Waals surface area contributed by atoms with Gasteiger partial charge >= 0.3 is 5.97 Å². The molecule has 2 aromatic rings. The molecule has 0 radical (unpaired) electrons. The molecule has 0 aliphatic rings. The summed E-state index contributed by atoms with van der Waals surface area (Å²) < 4.78 is 11.3. The van der Waals surface area contributed by atoms with Gasteiger partial charge in [0.15, 0.2) is 0 Å². The van der Waals surface area contributed by atoms with Crippen LogP contribution in [0, 0.1) is 6.92 Å². The number of aromatic hydroxyl groups is 1. The molecule has 0 atom stereocenters. The zero-order valence-corrected chi connectivity index (χ0v) is 12.8. The topological polar surface area (TPSA) is 59.7 Å². The molecule has 1 N–H and O–H groups in total. The molecule has 2 rings (SSSR count). The van der Waals surface area contributed by atoms with Gasteiger partial charge in [-0.3, -0.25) is 0 Å². The highest BCUT2D eigenvalue weighted by Crippen LogP contribution is 2.37. The monoisotopic (exact) mass is 326 g/mol. The summed E-state index contributed by atoms with van der Waals surface area (Å²) in [4.78, 5) is 12.0. The van der Waals surface area contributed by atoms with Gasteiger partial charge in [0.05, 0.1) is 9.86 Å². The molecule has 0 unspecified atom stereocenters. The van der Waals surface area contributed by atoms with Gasteiger partial charge in [-0.25, -0.2) is 4.79 Å². The molecule has 102 valence electrons. The van der Waals surface area contributed by atoms with Crippen LogP contribution >= 0.6 is 15.9 Å². The Kier molecular flexibility index (Phi) is 3.34. The molecule has 0 aliphatic carbocycles. The molecule has 1 aromatic carbocycles. The Hall–Kier alpha value is -1.49. The SMILES string of the molecule is Cc1c(C(=O)OC(C)(C)C)oc2ccc(Br)c(O)c12. The molecule has 0 aliphatic heterocycles. The quantitative estimate of drug-likeness (QED) is 0.799. The Bertz CT molecular complexity index is 649. The van der Waals surface area contributed by atoms with Crippen molar-refractivity contribution in [1.29, 1.82) is 0 Å². The van der Waals surface area contributed by atoms with E-state index in [2.05, 4.69) is 15.9 Å². The van der Waals surface area contributed by atoms with Gasteiger partial charge in [0, 0.05) is 5.56 Å². The molecule has 5 heteroatoms. The average Bonchev–Trinajstić information content (AvgIpc) is 2.60. The van der Waals surface area contributed by atoms with E-state index in [4.69, 9.17) is 9.15 Å². The van der Waals surface area contributed by atoms with Gasteiger partial charge in [-0.15, -0.1) is 0 Å². The summed E-state index contributed by atoms with van der Waals surface area (Å²) >= 11 is 3.24. The van der Waals surface area contributed by atoms with Crippen molar-refractivity contribution in [3.05, 3.63) is 27.9 Å². The lowest BCUT2D eigenvalue weighted by Gasteiger charge is -2.18. The average molecular weight is 327 g/mol. The number of fused-ring (bicyclic) bond motifs is 1. The molecular weight excluding hydrogens is 312 g/mol. The summed E-state index contributed by atoms with van der Waals surface area (Å²) in [5.74, 6) is -0.344. The third kappa shape index (κ3) is 2.61. The van der Waals surface area contributed by atoms with E-state index >= 15 is 0 Å². The maximum absolute atomic E-state index is 12.0. The molecule has 0 spiro atoms. The second-order valence-corrected chi connectivity index (χ2v) is 6.18. The van der Waals surface area contributed by atoms with E-state index in [0.717, 1.165) is 0 Å². The molecule has 19 heavy (non-hydrogen) atoms. The number of esters is 1. The van der Waals surface area contributed by atoms with Gasteiger partial charge in [0.2, 0.25) is 5.76 Å². The van der Waals surface area contributed by atoms with Gasteiger partial charge in [-0.1, -0.05) is 0 Å². The fraction of sp³-hybridized carbons (Fsp3) is 0.357. The maximum Gasteiger partial charge on any atom is 0.375 e. The van der Waals surface area contributed by atoms with E-state index in [9.17, 15) is 9.90 Å². The Balaban J connectivity index is 2.55. The minimum atomic E-state index is -0.592. The number of ether oxygens (including phenoxy) is 1. The summed E-state index contributed by atoms with van der Waals surface area (Å²) in [6.45, 7) is 7.09. The van der Waals surface area contributed by atoms with E-state index in [1.165, 1.54) is 0 Å². The smallest absolute Gasteiger partial charge is 0.375 e. The minimum absolute atomic E-state index is 0.0635. The Morgan fingerprint density at radius 3 is 2.58 bits per heavy atom. The number of furan rings is 1. The number of hydrogen-bond donors (Lipinski definition) is 1. The zero-order valence-electron chi connectivity index (χ0n) is 11.2. The molecule has 1 heterocycles. The lowest BCUT2D eigenvalue weighted by molar-refractivity contribution is 0.00372. The summed E-state index contributed by atoms with van der Waals surface area (Å²) in [5.41, 5.74) is 0.438. The molecule has 0 bridgehead atoms. The van der Waals surface area contributed by atoms with E-state index in [0.29, 0.717) is 21.0 Å². The van der Waals surface area contributed by atoms with Crippen molar-refractivity contribution in [3.63, 3.8) is 0 Å². The van der Waals surface area contributed by atoms with E-state index in [1.807, 2.05) is 0 Å². The number of hydrogen-bond acceptors (Lipinski definition) is 4. The van der Waals surface area contributed by atoms with E-state index in [1.54, 1.807) is 39.8 Å². The lowest BCUT2D eigenvalue weighted by atomic mass is 10.1. The third-order valence-corrected chi connectivity index (χ3v) is 3.24. The van der Waals surface area contributed by atoms with Gasteiger partial charge in [0.1, 0.15) is 16.9 Å². The van der Waals surface area contributed by atoms with Crippen LogP contribution < -0.4 is 0 Å². The van der Waals surface area contributed by atoms with Crippen LogP contribution in [0.25, 0.3) is 11.0 Å². The summed E-state index contributed by atoms with van der Waals surface area (Å²) in [5, 5.41) is 10.5. The van der Waals surface area contributed by atoms with Gasteiger partial charge in [-0.05, 0) is 55.8 Å². The highest BCUT2D eigenvalue weighted by atomic mass is 79.9. The highest BCUT2D eigenvalue weighted by molar-refractivity contribution is 9.10. The van der Waals surface area contributed by atoms with Crippen molar-refractivity contribution in [1.82, 2.24) is 0 Å². The fourth-order valence-corrected chi connectivity index (χ4v) is 2.14. The number of carbonyl (C=O) groups excluding carboxylic acids is 1. The molecule has 0 saturated heterocycles. The van der Waals surface area contributed by atoms with Crippen LogP contribution in [-0.2, 0) is 4.74 Å². The molecule has 0 amide bonds. The number of phenols is 1. The van der Waals surface area contributed by atoms with Crippen molar-refractivity contribution in [3.8, 4) is 5.75 Å². The number of rotatable bonds is 1. The van der Waals surface area contributed by atoms with Crippen molar-refractivity contribution in [2.75, 3.05) is 0 Å². The number of carbonyl (C=O) groups is 1. The normalized spacial score (nSPS) is 11.8. The molecule has 4 nitrogen and oxygen atoms in total. The first-order valence-corrected chi connectivity index (χ1v) is 6.64. The molecule has 0 fully saturated rings. The van der Waals surface area contributed by atoms with Crippen LogP contribution in [0.5, 0.6) is 5.75 Å². The fourth-order valence-electron chi connectivity index (χ4n) is 1.81. The summed E-state index contributed by atoms with van der Waals surface area (Å²) in [6, 6.07) is 3.36. The first-order valence-electron chi connectivity index (χ1n) is 5.84. The predicted octanol–water partition coefficient (Wildman–Crippen LogP) is 4.16. The zero-order chi connectivity index (χ0) is 14.4. The predicted molar refractivity (Wildman–Crippen MR) is 75.5 cm³/mol. The first-order chi connectivity index (χ1) is 8.70. The van der Waals surface area contributed by atoms with Gasteiger partial charge < -0.3 is 14.3 Å². The molecule has 1 aromatic heterocycles. The van der Waals surface area contributed by atoms with Crippen molar-refractivity contribution in [2.45, 2.75) is 33.3 Å². The largest absolute Gasteiger partial charge is 0.506 e. The number of aryl methyl sites for hydroxylation is 1. The second kappa shape index (κ2) is 4.56. The number of phenolic OH excluding ortho intramolecular Hbond substituents is 1. The third-order valence-electron chi connectivity index (χ3n) is 2.60. The van der Waals surface area contributed by atoms with Crippen LogP contribution in [0.1, 0.15) is 36.9 Å². The molecular formula is C14H15BrO4. The van der Waals surface area contributed by atoms with Gasteiger partial charge in [0.25, 0.3) is 0 Å². The van der Waals surface area contributed by atoms with E-state index < -0.39 is 11.6 Å². The maximum atomic E-state index is 12.0. The Morgan fingerprint density at radius 2 is 2.00 bits per heavy atom. The summed E-state index contributed by atoms with van der Waals surface area (Å²) in [6.07, 6.45) is 0. The van der Waals surface area contributed by atoms with Crippen molar-refractivity contribution in [2.24, 2.45) is 0 Å². The van der Waals surface area contributed by atoms with Crippen LogP contribution in [0.2, 0.25) is 0 Å². The number of benzene rings is 1. The number of halogens is 1. The van der Waals surface area contributed by atoms with Crippen LogP contribution in [0.4, 0.5) is 0 Å². The van der Waals surface area contributed by atoms with Crippen LogP contribution in [0.3, 0.4) is 0 Å². The first kappa shape index (κ1) is 13.9. The molecule has 0 saturated carbocycles. The minimum Gasteiger partial charge on any atom is -0.506 e. The second-order valence-electron chi connectivity index (χ2n) is 5.33. The standard InChI is InChI=1S/C14H15BrO4/c1-7-10-9(6-5-8(15)11(10)16)18-12(7)13(17)19-14(2,3)4/h5-6,16H,1-4H3. The Morgan fingerprint density at radius 1 is 1.37 bits per heavy atom. The van der Waals surface area contributed by atoms with Crippen molar-refractivity contribution >= 4 is 32.9 Å². The van der Waals surface area contributed by atoms with Crippen LogP contribution in [0.15, 0.2) is 21.0 Å².